The van der Waals surface area contributed by atoms with Gasteiger partial charge in [-0.15, -0.1) is 0 Å². The molecule has 0 spiro atoms. The molecule has 8 heteroatoms. The maximum absolute atomic E-state index is 12.3. The highest BCUT2D eigenvalue weighted by Crippen LogP contribution is 2.19. The lowest BCUT2D eigenvalue weighted by Crippen LogP contribution is -2.29. The quantitative estimate of drug-likeness (QED) is 0.563. The Bertz CT molecular complexity index is 1000. The van der Waals surface area contributed by atoms with E-state index in [0.29, 0.717) is 16.2 Å². The topological polar surface area (TPSA) is 83.9 Å². The number of fused-ring (bicyclic) bond motifs is 1. The van der Waals surface area contributed by atoms with Crippen molar-refractivity contribution < 1.29 is 4.79 Å². The highest BCUT2D eigenvalue weighted by atomic mass is 32.2. The predicted octanol–water partition coefficient (Wildman–Crippen LogP) is 2.13. The minimum Gasteiger partial charge on any atom is -0.342 e. The van der Waals surface area contributed by atoms with Gasteiger partial charge in [-0.2, -0.15) is 5.10 Å². The van der Waals surface area contributed by atoms with Gasteiger partial charge in [-0.3, -0.25) is 9.59 Å². The molecule has 2 aromatic heterocycles. The summed E-state index contributed by atoms with van der Waals surface area (Å²) in [6.07, 6.45) is 3.64. The van der Waals surface area contributed by atoms with Gasteiger partial charge in [-0.1, -0.05) is 29.5 Å². The van der Waals surface area contributed by atoms with Gasteiger partial charge in [0.25, 0.3) is 5.56 Å². The molecule has 26 heavy (non-hydrogen) atoms. The van der Waals surface area contributed by atoms with Crippen LogP contribution in [0.25, 0.3) is 16.7 Å². The molecule has 0 radical (unpaired) electrons. The van der Waals surface area contributed by atoms with E-state index in [0.717, 1.165) is 37.2 Å². The number of H-pyrrole nitrogens is 1. The second-order valence-corrected chi connectivity index (χ2v) is 7.34. The number of likely N-dealkylation sites (tertiary alicyclic amines) is 1. The Kier molecular flexibility index (Phi) is 4.50. The second kappa shape index (κ2) is 6.95. The molecule has 7 nitrogen and oxygen atoms in total. The minimum atomic E-state index is -0.246. The SMILES string of the molecule is Cc1ccc(-n2ncc3c(=O)[nH]c(SCC(=O)N4CCCC4)nc32)cc1. The molecule has 0 unspecified atom stereocenters. The zero-order chi connectivity index (χ0) is 18.1. The number of nitrogens with zero attached hydrogens (tertiary/aromatic N) is 4. The van der Waals surface area contributed by atoms with Crippen LogP contribution in [0.1, 0.15) is 18.4 Å². The van der Waals surface area contributed by atoms with Crippen molar-refractivity contribution in [1.82, 2.24) is 24.6 Å². The molecule has 134 valence electrons. The number of aromatic amines is 1. The van der Waals surface area contributed by atoms with Crippen LogP contribution in [0.4, 0.5) is 0 Å². The maximum Gasteiger partial charge on any atom is 0.262 e. The minimum absolute atomic E-state index is 0.0855. The van der Waals surface area contributed by atoms with Gasteiger partial charge in [-0.05, 0) is 31.9 Å². The molecule has 1 fully saturated rings. The van der Waals surface area contributed by atoms with Crippen LogP contribution in [0.2, 0.25) is 0 Å². The van der Waals surface area contributed by atoms with Crippen LogP contribution in [-0.2, 0) is 4.79 Å². The number of carbonyl (C=O) groups is 1. The van der Waals surface area contributed by atoms with Gasteiger partial charge in [0.2, 0.25) is 5.91 Å². The Labute approximate surface area is 154 Å². The first-order valence-corrected chi connectivity index (χ1v) is 9.56. The Balaban J connectivity index is 1.62. The second-order valence-electron chi connectivity index (χ2n) is 6.38. The van der Waals surface area contributed by atoms with E-state index in [-0.39, 0.29) is 17.2 Å². The van der Waals surface area contributed by atoms with Crippen LogP contribution < -0.4 is 5.56 Å². The zero-order valence-electron chi connectivity index (χ0n) is 14.4. The van der Waals surface area contributed by atoms with E-state index < -0.39 is 0 Å². The number of benzene rings is 1. The number of rotatable bonds is 4. The van der Waals surface area contributed by atoms with Gasteiger partial charge in [0.05, 0.1) is 17.6 Å². The lowest BCUT2D eigenvalue weighted by molar-refractivity contribution is -0.127. The van der Waals surface area contributed by atoms with Crippen molar-refractivity contribution in [2.45, 2.75) is 24.9 Å². The molecule has 0 atom stereocenters. The third-order valence-corrected chi connectivity index (χ3v) is 5.34. The first kappa shape index (κ1) is 16.8. The van der Waals surface area contributed by atoms with Crippen LogP contribution in [0, 0.1) is 6.92 Å². The van der Waals surface area contributed by atoms with Gasteiger partial charge in [0.1, 0.15) is 5.39 Å². The molecule has 4 rings (SSSR count). The van der Waals surface area contributed by atoms with E-state index in [1.807, 2.05) is 36.1 Å². The average molecular weight is 369 g/mol. The van der Waals surface area contributed by atoms with Crippen molar-refractivity contribution >= 4 is 28.7 Å². The summed E-state index contributed by atoms with van der Waals surface area (Å²) < 4.78 is 1.65. The van der Waals surface area contributed by atoms with E-state index in [2.05, 4.69) is 15.1 Å². The van der Waals surface area contributed by atoms with Gasteiger partial charge in [0.15, 0.2) is 10.8 Å². The Morgan fingerprint density at radius 2 is 1.96 bits per heavy atom. The third kappa shape index (κ3) is 3.24. The lowest BCUT2D eigenvalue weighted by Gasteiger charge is -2.14. The molecule has 1 amide bonds. The summed E-state index contributed by atoms with van der Waals surface area (Å²) in [5.74, 6) is 0.356. The standard InChI is InChI=1S/C18H19N5O2S/c1-12-4-6-13(7-5-12)23-16-14(10-19-23)17(25)21-18(20-16)26-11-15(24)22-8-2-3-9-22/h4-7,10H,2-3,8-9,11H2,1H3,(H,20,21,25). The first-order chi connectivity index (χ1) is 12.6. The van der Waals surface area contributed by atoms with E-state index >= 15 is 0 Å². The summed E-state index contributed by atoms with van der Waals surface area (Å²) in [5, 5.41) is 5.17. The number of hydrogen-bond donors (Lipinski definition) is 1. The zero-order valence-corrected chi connectivity index (χ0v) is 15.3. The van der Waals surface area contributed by atoms with Crippen molar-refractivity contribution in [3.8, 4) is 5.69 Å². The van der Waals surface area contributed by atoms with Crippen molar-refractivity contribution in [1.29, 1.82) is 0 Å². The van der Waals surface area contributed by atoms with E-state index in [1.165, 1.54) is 18.0 Å². The van der Waals surface area contributed by atoms with Gasteiger partial charge in [-0.25, -0.2) is 9.67 Å². The Morgan fingerprint density at radius 3 is 2.69 bits per heavy atom. The number of nitrogens with one attached hydrogen (secondary N) is 1. The fourth-order valence-corrected chi connectivity index (χ4v) is 3.79. The summed E-state index contributed by atoms with van der Waals surface area (Å²) in [6.45, 7) is 3.66. The highest BCUT2D eigenvalue weighted by molar-refractivity contribution is 7.99. The molecule has 3 aromatic rings. The number of aromatic nitrogens is 4. The van der Waals surface area contributed by atoms with Gasteiger partial charge < -0.3 is 9.88 Å². The summed E-state index contributed by atoms with van der Waals surface area (Å²) in [4.78, 5) is 33.7. The maximum atomic E-state index is 12.3. The summed E-state index contributed by atoms with van der Waals surface area (Å²) >= 11 is 1.26. The van der Waals surface area contributed by atoms with E-state index in [4.69, 9.17) is 0 Å². The van der Waals surface area contributed by atoms with E-state index in [1.54, 1.807) is 4.68 Å². The summed E-state index contributed by atoms with van der Waals surface area (Å²) in [7, 11) is 0. The fourth-order valence-electron chi connectivity index (χ4n) is 3.03. The molecule has 0 aliphatic carbocycles. The molecule has 0 saturated carbocycles. The fraction of sp³-hybridized carbons (Fsp3) is 0.333. The molecular formula is C18H19N5O2S. The molecule has 1 saturated heterocycles. The smallest absolute Gasteiger partial charge is 0.262 e. The number of hydrogen-bond acceptors (Lipinski definition) is 5. The molecule has 1 aliphatic rings. The normalized spacial score (nSPS) is 14.3. The van der Waals surface area contributed by atoms with Crippen LogP contribution >= 0.6 is 11.8 Å². The monoisotopic (exact) mass is 369 g/mol. The van der Waals surface area contributed by atoms with Crippen molar-refractivity contribution in [3.63, 3.8) is 0 Å². The molecule has 1 aliphatic heterocycles. The Hall–Kier alpha value is -2.61. The van der Waals surface area contributed by atoms with Gasteiger partial charge >= 0.3 is 0 Å². The molecule has 1 N–H and O–H groups in total. The van der Waals surface area contributed by atoms with Crippen LogP contribution in [-0.4, -0.2) is 49.4 Å². The van der Waals surface area contributed by atoms with Gasteiger partial charge in [0, 0.05) is 13.1 Å². The predicted molar refractivity (Wildman–Crippen MR) is 101 cm³/mol. The third-order valence-electron chi connectivity index (χ3n) is 4.49. The Morgan fingerprint density at radius 1 is 1.23 bits per heavy atom. The number of thioether (sulfide) groups is 1. The number of amides is 1. The van der Waals surface area contributed by atoms with Crippen LogP contribution in [0.5, 0.6) is 0 Å². The summed E-state index contributed by atoms with van der Waals surface area (Å²) in [5.41, 5.74) is 2.23. The largest absolute Gasteiger partial charge is 0.342 e. The van der Waals surface area contributed by atoms with Crippen molar-refractivity contribution in [3.05, 3.63) is 46.4 Å². The van der Waals surface area contributed by atoms with Crippen LogP contribution in [0.3, 0.4) is 0 Å². The highest BCUT2D eigenvalue weighted by Gasteiger charge is 2.19. The molecule has 1 aromatic carbocycles. The van der Waals surface area contributed by atoms with Crippen molar-refractivity contribution in [2.75, 3.05) is 18.8 Å². The molecule has 0 bridgehead atoms. The average Bonchev–Trinajstić information content (AvgIpc) is 3.30. The number of carbonyl (C=O) groups excluding carboxylic acids is 1. The van der Waals surface area contributed by atoms with E-state index in [9.17, 15) is 9.59 Å². The lowest BCUT2D eigenvalue weighted by atomic mass is 10.2. The molecule has 3 heterocycles. The van der Waals surface area contributed by atoms with Crippen LogP contribution in [0.15, 0.2) is 40.4 Å². The number of aryl methyl sites for hydroxylation is 1. The first-order valence-electron chi connectivity index (χ1n) is 8.57. The summed E-state index contributed by atoms with van der Waals surface area (Å²) in [6, 6.07) is 7.85. The molecular weight excluding hydrogens is 350 g/mol. The van der Waals surface area contributed by atoms with Crippen molar-refractivity contribution in [2.24, 2.45) is 0 Å².